The first-order chi connectivity index (χ1) is 13.2. The summed E-state index contributed by atoms with van der Waals surface area (Å²) in [6, 6.07) is 5.25. The van der Waals surface area contributed by atoms with Gasteiger partial charge in [-0.25, -0.2) is 13.6 Å². The topological polar surface area (TPSA) is 145 Å². The van der Waals surface area contributed by atoms with Crippen LogP contribution in [0.1, 0.15) is 39.0 Å². The van der Waals surface area contributed by atoms with Crippen molar-refractivity contribution in [2.75, 3.05) is 11.9 Å². The maximum atomic E-state index is 12.1. The highest BCUT2D eigenvalue weighted by molar-refractivity contribution is 7.89. The number of carbonyl (C=O) groups is 3. The minimum atomic E-state index is -3.82. The molecule has 4 N–H and O–H groups in total. The number of benzene rings is 1. The van der Waals surface area contributed by atoms with E-state index in [-0.39, 0.29) is 23.3 Å². The van der Waals surface area contributed by atoms with Crippen LogP contribution in [0.3, 0.4) is 0 Å². The summed E-state index contributed by atoms with van der Waals surface area (Å²) in [5, 5.41) is 10.1. The fourth-order valence-corrected chi connectivity index (χ4v) is 3.45. The molecule has 0 bridgehead atoms. The number of anilines is 1. The first kappa shape index (κ1) is 21.8. The second kappa shape index (κ2) is 9.65. The van der Waals surface area contributed by atoms with Crippen LogP contribution in [0, 0.1) is 5.92 Å². The van der Waals surface area contributed by atoms with Crippen molar-refractivity contribution in [3.63, 3.8) is 0 Å². The normalized spacial score (nSPS) is 16.1. The zero-order chi connectivity index (χ0) is 20.7. The van der Waals surface area contributed by atoms with Crippen LogP contribution in [0.15, 0.2) is 29.2 Å². The molecule has 1 fully saturated rings. The molecule has 1 aromatic carbocycles. The third-order valence-electron chi connectivity index (χ3n) is 4.51. The van der Waals surface area contributed by atoms with E-state index in [1.54, 1.807) is 0 Å². The monoisotopic (exact) mass is 411 g/mol. The largest absolute Gasteiger partial charge is 0.451 e. The Morgan fingerprint density at radius 1 is 1.14 bits per heavy atom. The van der Waals surface area contributed by atoms with Crippen LogP contribution < -0.4 is 15.8 Å². The number of ether oxygens (including phenoxy) is 1. The second-order valence-electron chi connectivity index (χ2n) is 6.74. The molecule has 154 valence electrons. The Balaban J connectivity index is 1.77. The maximum absolute atomic E-state index is 12.1. The smallest absolute Gasteiger partial charge is 0.326 e. The van der Waals surface area contributed by atoms with Gasteiger partial charge in [0.1, 0.15) is 6.54 Å². The number of hydrogen-bond donors (Lipinski definition) is 3. The Kier molecular flexibility index (Phi) is 7.53. The van der Waals surface area contributed by atoms with Crippen LogP contribution in [0.2, 0.25) is 0 Å². The van der Waals surface area contributed by atoms with Gasteiger partial charge in [0.15, 0.2) is 6.10 Å². The number of esters is 1. The first-order valence-corrected chi connectivity index (χ1v) is 10.6. The van der Waals surface area contributed by atoms with Gasteiger partial charge < -0.3 is 15.4 Å². The van der Waals surface area contributed by atoms with E-state index in [4.69, 9.17) is 9.88 Å². The van der Waals surface area contributed by atoms with Gasteiger partial charge in [-0.3, -0.25) is 14.4 Å². The molecule has 2 amide bonds. The minimum absolute atomic E-state index is 0.0671. The summed E-state index contributed by atoms with van der Waals surface area (Å²) in [7, 11) is -3.82. The summed E-state index contributed by atoms with van der Waals surface area (Å²) >= 11 is 0. The summed E-state index contributed by atoms with van der Waals surface area (Å²) in [4.78, 5) is 35.9. The number of amides is 2. The van der Waals surface area contributed by atoms with Crippen molar-refractivity contribution in [1.82, 2.24) is 5.32 Å². The van der Waals surface area contributed by atoms with Crippen molar-refractivity contribution in [3.8, 4) is 0 Å². The number of hydrogen-bond acceptors (Lipinski definition) is 6. The highest BCUT2D eigenvalue weighted by Gasteiger charge is 2.23. The van der Waals surface area contributed by atoms with Gasteiger partial charge in [0, 0.05) is 11.6 Å². The van der Waals surface area contributed by atoms with E-state index in [2.05, 4.69) is 10.6 Å². The average molecular weight is 411 g/mol. The lowest BCUT2D eigenvalue weighted by atomic mass is 9.89. The van der Waals surface area contributed by atoms with Crippen LogP contribution in [0.5, 0.6) is 0 Å². The van der Waals surface area contributed by atoms with Crippen molar-refractivity contribution in [2.24, 2.45) is 11.1 Å². The van der Waals surface area contributed by atoms with Crippen LogP contribution in [-0.2, 0) is 29.1 Å². The molecule has 1 atom stereocenters. The zero-order valence-corrected chi connectivity index (χ0v) is 16.5. The van der Waals surface area contributed by atoms with Crippen molar-refractivity contribution >= 4 is 33.5 Å². The van der Waals surface area contributed by atoms with Crippen molar-refractivity contribution in [1.29, 1.82) is 0 Å². The molecular formula is C18H25N3O6S. The van der Waals surface area contributed by atoms with Crippen LogP contribution in [0.25, 0.3) is 0 Å². The van der Waals surface area contributed by atoms with E-state index in [0.717, 1.165) is 32.1 Å². The highest BCUT2D eigenvalue weighted by Crippen LogP contribution is 2.23. The highest BCUT2D eigenvalue weighted by atomic mass is 32.2. The van der Waals surface area contributed by atoms with Gasteiger partial charge in [-0.1, -0.05) is 19.3 Å². The van der Waals surface area contributed by atoms with Gasteiger partial charge in [-0.2, -0.15) is 0 Å². The zero-order valence-electron chi connectivity index (χ0n) is 15.6. The van der Waals surface area contributed by atoms with Crippen molar-refractivity contribution in [2.45, 2.75) is 50.0 Å². The summed E-state index contributed by atoms with van der Waals surface area (Å²) in [5.74, 6) is -1.53. The molecule has 0 radical (unpaired) electrons. The molecule has 1 saturated carbocycles. The van der Waals surface area contributed by atoms with Crippen LogP contribution in [0.4, 0.5) is 5.69 Å². The van der Waals surface area contributed by atoms with Crippen LogP contribution >= 0.6 is 0 Å². The molecule has 0 spiro atoms. The first-order valence-electron chi connectivity index (χ1n) is 9.08. The van der Waals surface area contributed by atoms with Crippen molar-refractivity contribution < 1.29 is 27.5 Å². The molecule has 28 heavy (non-hydrogen) atoms. The molecule has 1 unspecified atom stereocenters. The third-order valence-corrected chi connectivity index (χ3v) is 5.44. The van der Waals surface area contributed by atoms with Crippen LogP contribution in [-0.4, -0.2) is 38.9 Å². The van der Waals surface area contributed by atoms with E-state index >= 15 is 0 Å². The van der Waals surface area contributed by atoms with E-state index in [1.165, 1.54) is 31.2 Å². The van der Waals surface area contributed by atoms with E-state index in [0.29, 0.717) is 5.69 Å². The molecule has 2 rings (SSSR count). The van der Waals surface area contributed by atoms with Gasteiger partial charge in [-0.15, -0.1) is 0 Å². The summed E-state index contributed by atoms with van der Waals surface area (Å²) in [5.41, 5.74) is 0.325. The number of sulfonamides is 1. The molecule has 1 aliphatic rings. The van der Waals surface area contributed by atoms with Gasteiger partial charge in [0.2, 0.25) is 15.9 Å². The summed E-state index contributed by atoms with van der Waals surface area (Å²) in [6.07, 6.45) is 3.71. The lowest BCUT2D eigenvalue weighted by Gasteiger charge is -2.20. The lowest BCUT2D eigenvalue weighted by molar-refractivity contribution is -0.153. The molecule has 1 aromatic rings. The average Bonchev–Trinajstić information content (AvgIpc) is 2.66. The Morgan fingerprint density at radius 3 is 2.32 bits per heavy atom. The molecular weight excluding hydrogens is 386 g/mol. The van der Waals surface area contributed by atoms with Crippen molar-refractivity contribution in [3.05, 3.63) is 24.3 Å². The standard InChI is InChI=1S/C18H25N3O6S/c1-12(17(23)21-14-7-9-15(10-8-14)28(19,25)26)27-16(22)11-20-18(24)13-5-3-2-4-6-13/h7-10,12-13H,2-6,11H2,1H3,(H,20,24)(H,21,23)(H2,19,25,26). The fourth-order valence-electron chi connectivity index (χ4n) is 2.93. The minimum Gasteiger partial charge on any atom is -0.451 e. The number of rotatable bonds is 7. The number of primary sulfonamides is 1. The third kappa shape index (κ3) is 6.61. The number of nitrogens with one attached hydrogen (secondary N) is 2. The van der Waals surface area contributed by atoms with Gasteiger partial charge >= 0.3 is 5.97 Å². The predicted molar refractivity (Wildman–Crippen MR) is 102 cm³/mol. The fraction of sp³-hybridized carbons (Fsp3) is 0.500. The Morgan fingerprint density at radius 2 is 1.75 bits per heavy atom. The molecule has 0 aromatic heterocycles. The quantitative estimate of drug-likeness (QED) is 0.569. The van der Waals surface area contributed by atoms with Gasteiger partial charge in [-0.05, 0) is 44.0 Å². The summed E-state index contributed by atoms with van der Waals surface area (Å²) in [6.45, 7) is 1.10. The summed E-state index contributed by atoms with van der Waals surface area (Å²) < 4.78 is 27.4. The van der Waals surface area contributed by atoms with E-state index in [9.17, 15) is 22.8 Å². The Labute approximate surface area is 164 Å². The molecule has 0 saturated heterocycles. The van der Waals surface area contributed by atoms with Gasteiger partial charge in [0.05, 0.1) is 4.90 Å². The Bertz CT molecular complexity index is 816. The predicted octanol–water partition coefficient (Wildman–Crippen LogP) is 0.901. The Hall–Kier alpha value is -2.46. The molecule has 1 aliphatic carbocycles. The maximum Gasteiger partial charge on any atom is 0.326 e. The van der Waals surface area contributed by atoms with E-state index < -0.39 is 28.0 Å². The number of nitrogens with two attached hydrogens (primary N) is 1. The molecule has 0 heterocycles. The molecule has 0 aliphatic heterocycles. The SMILES string of the molecule is CC(OC(=O)CNC(=O)C1CCCCC1)C(=O)Nc1ccc(S(N)(=O)=O)cc1. The second-order valence-corrected chi connectivity index (χ2v) is 8.30. The lowest BCUT2D eigenvalue weighted by Crippen LogP contribution is -2.38. The molecule has 10 heteroatoms. The van der Waals surface area contributed by atoms with E-state index in [1.807, 2.05) is 0 Å². The molecule has 9 nitrogen and oxygen atoms in total. The van der Waals surface area contributed by atoms with Gasteiger partial charge in [0.25, 0.3) is 5.91 Å². The number of carbonyl (C=O) groups excluding carboxylic acids is 3.